The highest BCUT2D eigenvalue weighted by atomic mass is 35.5. The van der Waals surface area contributed by atoms with E-state index in [1.54, 1.807) is 4.57 Å². The topological polar surface area (TPSA) is 22.0 Å². The first-order valence-corrected chi connectivity index (χ1v) is 5.87. The average Bonchev–Trinajstić information content (AvgIpc) is 2.27. The first-order chi connectivity index (χ1) is 7.65. The molecule has 0 N–H and O–H groups in total. The second-order valence-corrected chi connectivity index (χ2v) is 4.40. The van der Waals surface area contributed by atoms with Gasteiger partial charge in [-0.1, -0.05) is 18.2 Å². The number of pyridine rings is 1. The van der Waals surface area contributed by atoms with Crippen molar-refractivity contribution in [1.82, 2.24) is 4.57 Å². The second kappa shape index (κ2) is 4.30. The average molecular weight is 236 g/mol. The fourth-order valence-corrected chi connectivity index (χ4v) is 2.14. The lowest BCUT2D eigenvalue weighted by molar-refractivity contribution is 0.597. The molecule has 2 nitrogen and oxygen atoms in total. The summed E-state index contributed by atoms with van der Waals surface area (Å²) >= 11 is 5.80. The molecule has 2 rings (SSSR count). The molecule has 0 aliphatic rings. The van der Waals surface area contributed by atoms with Gasteiger partial charge in [0.05, 0.1) is 11.4 Å². The van der Waals surface area contributed by atoms with Crippen molar-refractivity contribution in [2.75, 3.05) is 0 Å². The number of hydrogen-bond donors (Lipinski definition) is 0. The third-order valence-corrected chi connectivity index (χ3v) is 2.97. The molecule has 0 radical (unpaired) electrons. The Labute approximate surface area is 99.5 Å². The Morgan fingerprint density at radius 2 is 2.00 bits per heavy atom. The standard InChI is InChI=1S/C13H14ClNO/c1-9(2)15-12-6-4-3-5-10(12)7-11(8-14)13(15)16/h3-7,9H,8H2,1-2H3. The molecule has 1 aromatic heterocycles. The van der Waals surface area contributed by atoms with E-state index < -0.39 is 0 Å². The highest BCUT2D eigenvalue weighted by molar-refractivity contribution is 6.17. The van der Waals surface area contributed by atoms with Crippen molar-refractivity contribution in [3.63, 3.8) is 0 Å². The first-order valence-electron chi connectivity index (χ1n) is 5.34. The number of hydrogen-bond acceptors (Lipinski definition) is 1. The zero-order valence-corrected chi connectivity index (χ0v) is 10.2. The molecule has 16 heavy (non-hydrogen) atoms. The SMILES string of the molecule is CC(C)n1c(=O)c(CCl)cc2ccccc21. The molecule has 0 unspecified atom stereocenters. The number of fused-ring (bicyclic) bond motifs is 1. The lowest BCUT2D eigenvalue weighted by Gasteiger charge is -2.15. The van der Waals surface area contributed by atoms with E-state index in [0.717, 1.165) is 10.9 Å². The van der Waals surface area contributed by atoms with E-state index in [1.807, 2.05) is 44.2 Å². The maximum absolute atomic E-state index is 12.1. The van der Waals surface area contributed by atoms with Crippen molar-refractivity contribution >= 4 is 22.5 Å². The number of para-hydroxylation sites is 1. The Hall–Kier alpha value is -1.28. The van der Waals surface area contributed by atoms with Crippen molar-refractivity contribution in [3.8, 4) is 0 Å². The van der Waals surface area contributed by atoms with Gasteiger partial charge in [-0.15, -0.1) is 11.6 Å². The van der Waals surface area contributed by atoms with Gasteiger partial charge in [0.1, 0.15) is 0 Å². The van der Waals surface area contributed by atoms with E-state index >= 15 is 0 Å². The van der Waals surface area contributed by atoms with E-state index in [1.165, 1.54) is 0 Å². The van der Waals surface area contributed by atoms with Gasteiger partial charge in [0.15, 0.2) is 0 Å². The van der Waals surface area contributed by atoms with E-state index in [2.05, 4.69) is 0 Å². The Morgan fingerprint density at radius 1 is 1.31 bits per heavy atom. The molecule has 0 spiro atoms. The molecular formula is C13H14ClNO. The number of aromatic nitrogens is 1. The van der Waals surface area contributed by atoms with Gasteiger partial charge in [0.25, 0.3) is 5.56 Å². The molecule has 2 aromatic rings. The molecule has 0 aliphatic carbocycles. The zero-order chi connectivity index (χ0) is 11.7. The molecule has 0 atom stereocenters. The largest absolute Gasteiger partial charge is 0.306 e. The number of benzene rings is 1. The summed E-state index contributed by atoms with van der Waals surface area (Å²) in [5, 5.41) is 1.06. The Bertz CT molecular complexity index is 572. The fourth-order valence-electron chi connectivity index (χ4n) is 1.95. The lowest BCUT2D eigenvalue weighted by Crippen LogP contribution is -2.25. The summed E-state index contributed by atoms with van der Waals surface area (Å²) in [5.74, 6) is 0.260. The van der Waals surface area contributed by atoms with Crippen LogP contribution in [0.5, 0.6) is 0 Å². The van der Waals surface area contributed by atoms with Gasteiger partial charge in [-0.05, 0) is 31.4 Å². The number of nitrogens with zero attached hydrogens (tertiary/aromatic N) is 1. The summed E-state index contributed by atoms with van der Waals surface area (Å²) in [7, 11) is 0. The van der Waals surface area contributed by atoms with E-state index in [0.29, 0.717) is 5.56 Å². The van der Waals surface area contributed by atoms with E-state index in [9.17, 15) is 4.79 Å². The zero-order valence-electron chi connectivity index (χ0n) is 9.40. The molecule has 0 saturated heterocycles. The summed E-state index contributed by atoms with van der Waals surface area (Å²) in [6, 6.07) is 9.90. The molecule has 1 aromatic carbocycles. The van der Waals surface area contributed by atoms with Crippen LogP contribution in [0.2, 0.25) is 0 Å². The summed E-state index contributed by atoms with van der Waals surface area (Å²) in [6.07, 6.45) is 0. The van der Waals surface area contributed by atoms with Crippen molar-refractivity contribution < 1.29 is 0 Å². The normalized spacial score (nSPS) is 11.2. The third-order valence-electron chi connectivity index (χ3n) is 2.68. The van der Waals surface area contributed by atoms with Gasteiger partial charge in [0.2, 0.25) is 0 Å². The second-order valence-electron chi connectivity index (χ2n) is 4.13. The van der Waals surface area contributed by atoms with Crippen LogP contribution in [0, 0.1) is 0 Å². The summed E-state index contributed by atoms with van der Waals surface area (Å²) in [5.41, 5.74) is 1.65. The number of halogens is 1. The molecule has 0 bridgehead atoms. The van der Waals surface area contributed by atoms with Crippen LogP contribution in [0.25, 0.3) is 10.9 Å². The molecule has 1 heterocycles. The van der Waals surface area contributed by atoms with Gasteiger partial charge in [-0.3, -0.25) is 4.79 Å². The molecule has 0 fully saturated rings. The molecule has 0 aliphatic heterocycles. The number of alkyl halides is 1. The highest BCUT2D eigenvalue weighted by Crippen LogP contribution is 2.17. The Morgan fingerprint density at radius 3 is 2.62 bits per heavy atom. The minimum absolute atomic E-state index is 0.0173. The molecule has 0 amide bonds. The molecule has 0 saturated carbocycles. The van der Waals surface area contributed by atoms with Gasteiger partial charge >= 0.3 is 0 Å². The molecule has 3 heteroatoms. The van der Waals surface area contributed by atoms with Crippen molar-refractivity contribution in [2.24, 2.45) is 0 Å². The van der Waals surface area contributed by atoms with Crippen LogP contribution < -0.4 is 5.56 Å². The first kappa shape index (κ1) is 11.2. The summed E-state index contributed by atoms with van der Waals surface area (Å²) in [4.78, 5) is 12.1. The van der Waals surface area contributed by atoms with Crippen LogP contribution in [0.3, 0.4) is 0 Å². The van der Waals surface area contributed by atoms with Crippen LogP contribution >= 0.6 is 11.6 Å². The smallest absolute Gasteiger partial charge is 0.255 e. The van der Waals surface area contributed by atoms with Crippen LogP contribution in [-0.4, -0.2) is 4.57 Å². The molecular weight excluding hydrogens is 222 g/mol. The summed E-state index contributed by atoms with van der Waals surface area (Å²) in [6.45, 7) is 4.01. The summed E-state index contributed by atoms with van der Waals surface area (Å²) < 4.78 is 1.80. The predicted octanol–water partition coefficient (Wildman–Crippen LogP) is 3.32. The maximum Gasteiger partial charge on any atom is 0.255 e. The minimum Gasteiger partial charge on any atom is -0.306 e. The lowest BCUT2D eigenvalue weighted by atomic mass is 10.1. The van der Waals surface area contributed by atoms with Gasteiger partial charge < -0.3 is 4.57 Å². The van der Waals surface area contributed by atoms with Gasteiger partial charge in [-0.25, -0.2) is 0 Å². The minimum atomic E-state index is 0.0173. The van der Waals surface area contributed by atoms with Gasteiger partial charge in [0, 0.05) is 11.6 Å². The Balaban J connectivity index is 2.91. The van der Waals surface area contributed by atoms with E-state index in [-0.39, 0.29) is 17.5 Å². The van der Waals surface area contributed by atoms with Crippen molar-refractivity contribution in [3.05, 3.63) is 46.2 Å². The molecule has 84 valence electrons. The monoisotopic (exact) mass is 235 g/mol. The van der Waals surface area contributed by atoms with E-state index in [4.69, 9.17) is 11.6 Å². The van der Waals surface area contributed by atoms with Gasteiger partial charge in [-0.2, -0.15) is 0 Å². The maximum atomic E-state index is 12.1. The van der Waals surface area contributed by atoms with Crippen LogP contribution in [0.15, 0.2) is 35.1 Å². The number of rotatable bonds is 2. The van der Waals surface area contributed by atoms with Crippen molar-refractivity contribution in [2.45, 2.75) is 25.8 Å². The highest BCUT2D eigenvalue weighted by Gasteiger charge is 2.10. The van der Waals surface area contributed by atoms with Crippen LogP contribution in [0.4, 0.5) is 0 Å². The Kier molecular flexibility index (Phi) is 3.01. The third kappa shape index (κ3) is 1.74. The van der Waals surface area contributed by atoms with Crippen molar-refractivity contribution in [1.29, 1.82) is 0 Å². The van der Waals surface area contributed by atoms with Crippen LogP contribution in [-0.2, 0) is 5.88 Å². The predicted molar refractivity (Wildman–Crippen MR) is 68.2 cm³/mol. The van der Waals surface area contributed by atoms with Crippen LogP contribution in [0.1, 0.15) is 25.5 Å². The fraction of sp³-hybridized carbons (Fsp3) is 0.308. The quantitative estimate of drug-likeness (QED) is 0.732.